The second-order valence-electron chi connectivity index (χ2n) is 5.01. The third-order valence-corrected chi connectivity index (χ3v) is 4.39. The summed E-state index contributed by atoms with van der Waals surface area (Å²) < 4.78 is 0.619. The Morgan fingerprint density at radius 3 is 2.63 bits per heavy atom. The predicted molar refractivity (Wildman–Crippen MR) is 81.1 cm³/mol. The van der Waals surface area contributed by atoms with E-state index in [0.717, 1.165) is 32.0 Å². The van der Waals surface area contributed by atoms with Crippen LogP contribution in [0.3, 0.4) is 0 Å². The molecule has 2 rings (SSSR count). The van der Waals surface area contributed by atoms with Crippen LogP contribution in [0.4, 0.5) is 5.82 Å². The van der Waals surface area contributed by atoms with Gasteiger partial charge in [-0.15, -0.1) is 0 Å². The van der Waals surface area contributed by atoms with Gasteiger partial charge in [-0.2, -0.15) is 5.26 Å². The van der Waals surface area contributed by atoms with Crippen molar-refractivity contribution in [3.63, 3.8) is 0 Å². The van der Waals surface area contributed by atoms with Crippen LogP contribution in [0.1, 0.15) is 13.8 Å². The van der Waals surface area contributed by atoms with Crippen molar-refractivity contribution in [1.29, 1.82) is 5.26 Å². The zero-order valence-corrected chi connectivity index (χ0v) is 13.1. The molecule has 0 amide bonds. The summed E-state index contributed by atoms with van der Waals surface area (Å²) in [5.41, 5.74) is -0.550. The topological polar surface area (TPSA) is 76.0 Å². The van der Waals surface area contributed by atoms with Gasteiger partial charge in [0.2, 0.25) is 0 Å². The Kier molecular flexibility index (Phi) is 4.10. The van der Waals surface area contributed by atoms with Gasteiger partial charge in [0.25, 0.3) is 5.56 Å². The predicted octanol–water partition coefficient (Wildman–Crippen LogP) is 0.799. The van der Waals surface area contributed by atoms with Crippen molar-refractivity contribution in [3.8, 4) is 6.07 Å². The Bertz CT molecular complexity index is 554. The van der Waals surface area contributed by atoms with Crippen molar-refractivity contribution in [2.45, 2.75) is 19.4 Å². The van der Waals surface area contributed by atoms with Crippen molar-refractivity contribution in [2.75, 3.05) is 31.1 Å². The summed E-state index contributed by atoms with van der Waals surface area (Å²) in [6.07, 6.45) is 1.44. The van der Waals surface area contributed by atoms with Crippen LogP contribution < -0.4 is 10.5 Å². The number of H-pyrrole nitrogens is 1. The van der Waals surface area contributed by atoms with E-state index in [0.29, 0.717) is 3.57 Å². The van der Waals surface area contributed by atoms with Crippen molar-refractivity contribution < 1.29 is 0 Å². The van der Waals surface area contributed by atoms with E-state index in [1.807, 2.05) is 36.4 Å². The van der Waals surface area contributed by atoms with E-state index >= 15 is 0 Å². The van der Waals surface area contributed by atoms with Gasteiger partial charge in [-0.25, -0.2) is 4.98 Å². The fraction of sp³-hybridized carbons (Fsp3) is 0.583. The number of piperazine rings is 1. The third-order valence-electron chi connectivity index (χ3n) is 3.42. The average Bonchev–Trinajstić information content (AvgIpc) is 2.42. The molecule has 19 heavy (non-hydrogen) atoms. The molecule has 7 heteroatoms. The lowest BCUT2D eigenvalue weighted by Crippen LogP contribution is -2.54. The highest BCUT2D eigenvalue weighted by Crippen LogP contribution is 2.21. The fourth-order valence-electron chi connectivity index (χ4n) is 2.14. The molecule has 0 radical (unpaired) electrons. The van der Waals surface area contributed by atoms with Crippen LogP contribution in [0.25, 0.3) is 0 Å². The second-order valence-corrected chi connectivity index (χ2v) is 6.09. The van der Waals surface area contributed by atoms with Gasteiger partial charge in [0, 0.05) is 26.2 Å². The number of rotatable bonds is 2. The molecular weight excluding hydrogens is 357 g/mol. The Morgan fingerprint density at radius 1 is 1.42 bits per heavy atom. The maximum atomic E-state index is 11.6. The zero-order valence-electron chi connectivity index (χ0n) is 11.0. The molecule has 1 aromatic rings. The maximum Gasteiger partial charge on any atom is 0.266 e. The van der Waals surface area contributed by atoms with E-state index in [1.165, 1.54) is 6.33 Å². The largest absolute Gasteiger partial charge is 0.353 e. The van der Waals surface area contributed by atoms with Crippen molar-refractivity contribution in [2.24, 2.45) is 0 Å². The van der Waals surface area contributed by atoms with Crippen LogP contribution in [-0.4, -0.2) is 46.6 Å². The van der Waals surface area contributed by atoms with E-state index in [2.05, 4.69) is 25.8 Å². The van der Waals surface area contributed by atoms with Gasteiger partial charge in [-0.3, -0.25) is 9.69 Å². The summed E-state index contributed by atoms with van der Waals surface area (Å²) in [6, 6.07) is 2.32. The molecule has 1 N–H and O–H groups in total. The number of aromatic amines is 1. The van der Waals surface area contributed by atoms with Crippen LogP contribution in [-0.2, 0) is 0 Å². The highest BCUT2D eigenvalue weighted by Gasteiger charge is 2.30. The highest BCUT2D eigenvalue weighted by atomic mass is 127. The molecular formula is C12H16IN5O. The molecule has 0 bridgehead atoms. The number of hydrogen-bond acceptors (Lipinski definition) is 5. The number of nitriles is 1. The molecule has 0 aromatic carbocycles. The van der Waals surface area contributed by atoms with Crippen molar-refractivity contribution >= 4 is 28.4 Å². The summed E-state index contributed by atoms with van der Waals surface area (Å²) in [7, 11) is 0. The molecule has 1 aliphatic rings. The summed E-state index contributed by atoms with van der Waals surface area (Å²) in [6.45, 7) is 7.00. The van der Waals surface area contributed by atoms with Crippen LogP contribution in [0.2, 0.25) is 0 Å². The minimum Gasteiger partial charge on any atom is -0.353 e. The molecule has 0 saturated carbocycles. The van der Waals surface area contributed by atoms with E-state index < -0.39 is 5.54 Å². The molecule has 1 fully saturated rings. The number of anilines is 1. The first kappa shape index (κ1) is 14.3. The maximum absolute atomic E-state index is 11.6. The van der Waals surface area contributed by atoms with E-state index in [9.17, 15) is 4.79 Å². The molecule has 0 atom stereocenters. The van der Waals surface area contributed by atoms with E-state index in [4.69, 9.17) is 5.26 Å². The quantitative estimate of drug-likeness (QED) is 0.777. The van der Waals surface area contributed by atoms with Gasteiger partial charge >= 0.3 is 0 Å². The monoisotopic (exact) mass is 373 g/mol. The number of aromatic nitrogens is 2. The lowest BCUT2D eigenvalue weighted by Gasteiger charge is -2.40. The lowest BCUT2D eigenvalue weighted by atomic mass is 10.0. The highest BCUT2D eigenvalue weighted by molar-refractivity contribution is 14.1. The normalized spacial score (nSPS) is 17.3. The standard InChI is InChI=1S/C12H16IN5O/c1-12(2,7-14)18-5-3-17(4-6-18)10-9(13)11(19)16-8-15-10/h8H,3-6H2,1-2H3,(H,15,16,19). The lowest BCUT2D eigenvalue weighted by molar-refractivity contribution is 0.157. The Morgan fingerprint density at radius 2 is 2.05 bits per heavy atom. The van der Waals surface area contributed by atoms with Gasteiger partial charge in [0.15, 0.2) is 0 Å². The molecule has 102 valence electrons. The molecule has 2 heterocycles. The summed E-state index contributed by atoms with van der Waals surface area (Å²) in [5.74, 6) is 0.735. The molecule has 0 unspecified atom stereocenters. The Hall–Kier alpha value is -1.14. The number of hydrogen-bond donors (Lipinski definition) is 1. The minimum absolute atomic E-state index is 0.106. The summed E-state index contributed by atoms with van der Waals surface area (Å²) in [4.78, 5) is 22.6. The summed E-state index contributed by atoms with van der Waals surface area (Å²) in [5, 5.41) is 9.15. The molecule has 0 aliphatic carbocycles. The molecule has 0 spiro atoms. The first-order valence-electron chi connectivity index (χ1n) is 6.10. The number of nitrogens with zero attached hydrogens (tertiary/aromatic N) is 4. The molecule has 1 aliphatic heterocycles. The van der Waals surface area contributed by atoms with Crippen LogP contribution in [0.5, 0.6) is 0 Å². The third kappa shape index (κ3) is 2.90. The smallest absolute Gasteiger partial charge is 0.266 e. The fourth-order valence-corrected chi connectivity index (χ4v) is 2.78. The molecule has 1 saturated heterocycles. The SMILES string of the molecule is CC(C)(C#N)N1CCN(c2nc[nH]c(=O)c2I)CC1. The number of nitrogens with one attached hydrogen (secondary N) is 1. The van der Waals surface area contributed by atoms with Crippen molar-refractivity contribution in [3.05, 3.63) is 20.3 Å². The van der Waals surface area contributed by atoms with E-state index in [-0.39, 0.29) is 5.56 Å². The first-order valence-corrected chi connectivity index (χ1v) is 7.18. The van der Waals surface area contributed by atoms with Gasteiger partial charge in [0.1, 0.15) is 14.9 Å². The summed E-state index contributed by atoms with van der Waals surface area (Å²) >= 11 is 2.02. The Labute approximate surface area is 125 Å². The van der Waals surface area contributed by atoms with Gasteiger partial charge < -0.3 is 9.88 Å². The first-order chi connectivity index (χ1) is 8.95. The average molecular weight is 373 g/mol. The van der Waals surface area contributed by atoms with E-state index in [1.54, 1.807) is 0 Å². The zero-order chi connectivity index (χ0) is 14.0. The minimum atomic E-state index is -0.444. The Balaban J connectivity index is 2.11. The van der Waals surface area contributed by atoms with Crippen molar-refractivity contribution in [1.82, 2.24) is 14.9 Å². The van der Waals surface area contributed by atoms with Gasteiger partial charge in [-0.05, 0) is 36.4 Å². The van der Waals surface area contributed by atoms with Gasteiger partial charge in [-0.1, -0.05) is 0 Å². The van der Waals surface area contributed by atoms with Crippen LogP contribution in [0.15, 0.2) is 11.1 Å². The molecule has 1 aromatic heterocycles. The van der Waals surface area contributed by atoms with Crippen LogP contribution in [0, 0.1) is 14.9 Å². The van der Waals surface area contributed by atoms with Gasteiger partial charge in [0.05, 0.1) is 12.4 Å². The van der Waals surface area contributed by atoms with Crippen LogP contribution >= 0.6 is 22.6 Å². The molecule has 6 nitrogen and oxygen atoms in total. The number of halogens is 1. The second kappa shape index (κ2) is 5.46.